The third kappa shape index (κ3) is 1.60. The number of aromatic nitrogens is 1. The van der Waals surface area contributed by atoms with Crippen LogP contribution in [0.5, 0.6) is 0 Å². The van der Waals surface area contributed by atoms with Crippen molar-refractivity contribution in [3.05, 3.63) is 18.5 Å². The molecule has 0 aromatic carbocycles. The van der Waals surface area contributed by atoms with Gasteiger partial charge in [-0.1, -0.05) is 0 Å². The Hall–Kier alpha value is -1.45. The summed E-state index contributed by atoms with van der Waals surface area (Å²) in [5, 5.41) is 0. The Balaban J connectivity index is 2.18. The fourth-order valence-electron chi connectivity index (χ4n) is 2.03. The number of H-pyrrole nitrogens is 1. The summed E-state index contributed by atoms with van der Waals surface area (Å²) in [4.78, 5) is 16.3. The molecule has 4 nitrogen and oxygen atoms in total. The van der Waals surface area contributed by atoms with Crippen LogP contribution >= 0.6 is 0 Å². The van der Waals surface area contributed by atoms with Crippen molar-refractivity contribution in [1.29, 1.82) is 0 Å². The number of anilines is 1. The smallest absolute Gasteiger partial charge is 0.240 e. The average molecular weight is 193 g/mol. The highest BCUT2D eigenvalue weighted by Crippen LogP contribution is 2.23. The number of rotatable bonds is 2. The van der Waals surface area contributed by atoms with Gasteiger partial charge in [0.05, 0.1) is 5.69 Å². The molecular weight excluding hydrogens is 178 g/mol. The first-order chi connectivity index (χ1) is 6.79. The van der Waals surface area contributed by atoms with E-state index in [0.29, 0.717) is 0 Å². The van der Waals surface area contributed by atoms with Crippen molar-refractivity contribution >= 4 is 11.6 Å². The van der Waals surface area contributed by atoms with Gasteiger partial charge in [-0.2, -0.15) is 0 Å². The Morgan fingerprint density at radius 1 is 1.57 bits per heavy atom. The van der Waals surface area contributed by atoms with E-state index in [9.17, 15) is 4.79 Å². The van der Waals surface area contributed by atoms with Crippen molar-refractivity contribution < 1.29 is 4.79 Å². The van der Waals surface area contributed by atoms with Crippen molar-refractivity contribution in [1.82, 2.24) is 4.98 Å². The largest absolute Gasteiger partial charge is 0.368 e. The van der Waals surface area contributed by atoms with Gasteiger partial charge in [-0.15, -0.1) is 0 Å². The average Bonchev–Trinajstić information content (AvgIpc) is 2.70. The van der Waals surface area contributed by atoms with Gasteiger partial charge >= 0.3 is 0 Å². The van der Waals surface area contributed by atoms with Crippen molar-refractivity contribution in [2.24, 2.45) is 5.73 Å². The van der Waals surface area contributed by atoms with Gasteiger partial charge in [-0.25, -0.2) is 0 Å². The van der Waals surface area contributed by atoms with Crippen LogP contribution in [0.1, 0.15) is 19.3 Å². The second-order valence-corrected chi connectivity index (χ2v) is 3.68. The molecule has 1 aromatic rings. The van der Waals surface area contributed by atoms with E-state index in [1.807, 2.05) is 18.5 Å². The van der Waals surface area contributed by atoms with Gasteiger partial charge < -0.3 is 15.6 Å². The van der Waals surface area contributed by atoms with Crippen molar-refractivity contribution in [2.45, 2.75) is 25.3 Å². The van der Waals surface area contributed by atoms with Gasteiger partial charge in [0.15, 0.2) is 0 Å². The van der Waals surface area contributed by atoms with Gasteiger partial charge in [0.25, 0.3) is 0 Å². The van der Waals surface area contributed by atoms with E-state index in [0.717, 1.165) is 31.5 Å². The number of aromatic amines is 1. The summed E-state index contributed by atoms with van der Waals surface area (Å²) in [6.07, 6.45) is 6.87. The Kier molecular flexibility index (Phi) is 2.43. The summed E-state index contributed by atoms with van der Waals surface area (Å²) in [6.45, 7) is 0.922. The molecule has 1 aliphatic heterocycles. The molecule has 0 bridgehead atoms. The van der Waals surface area contributed by atoms with Crippen molar-refractivity contribution in [2.75, 3.05) is 11.4 Å². The number of nitrogens with zero attached hydrogens (tertiary/aromatic N) is 1. The Morgan fingerprint density at radius 2 is 2.43 bits per heavy atom. The number of amides is 1. The second kappa shape index (κ2) is 3.74. The molecule has 3 N–H and O–H groups in total. The van der Waals surface area contributed by atoms with Crippen LogP contribution in [0.15, 0.2) is 18.5 Å². The lowest BCUT2D eigenvalue weighted by Crippen LogP contribution is -2.47. The van der Waals surface area contributed by atoms with E-state index in [1.54, 1.807) is 0 Å². The molecule has 4 heteroatoms. The molecule has 14 heavy (non-hydrogen) atoms. The maximum Gasteiger partial charge on any atom is 0.240 e. The van der Waals surface area contributed by atoms with Crippen LogP contribution in [0, 0.1) is 0 Å². The molecular formula is C10H15N3O. The first kappa shape index (κ1) is 9.12. The number of hydrogen-bond acceptors (Lipinski definition) is 2. The lowest BCUT2D eigenvalue weighted by Gasteiger charge is -2.34. The molecule has 2 rings (SSSR count). The third-order valence-electron chi connectivity index (χ3n) is 2.74. The molecule has 1 amide bonds. The van der Waals surface area contributed by atoms with E-state index in [1.165, 1.54) is 0 Å². The maximum atomic E-state index is 11.2. The standard InChI is InChI=1S/C10H15N3O/c11-10(14)9-3-1-2-6-13(9)8-4-5-12-7-8/h4-5,7,9,12H,1-3,6H2,(H2,11,14). The Bertz CT molecular complexity index is 307. The molecule has 0 spiro atoms. The third-order valence-corrected chi connectivity index (χ3v) is 2.74. The molecule has 2 heterocycles. The minimum Gasteiger partial charge on any atom is -0.368 e. The monoisotopic (exact) mass is 193 g/mol. The lowest BCUT2D eigenvalue weighted by atomic mass is 10.0. The zero-order chi connectivity index (χ0) is 9.97. The molecule has 1 atom stereocenters. The molecule has 0 radical (unpaired) electrons. The normalized spacial score (nSPS) is 22.3. The van der Waals surface area contributed by atoms with Crippen LogP contribution < -0.4 is 10.6 Å². The molecule has 1 unspecified atom stereocenters. The molecule has 0 saturated carbocycles. The summed E-state index contributed by atoms with van der Waals surface area (Å²) in [6, 6.07) is 1.85. The Morgan fingerprint density at radius 3 is 3.07 bits per heavy atom. The molecule has 1 aliphatic rings. The number of piperidine rings is 1. The minimum atomic E-state index is -0.217. The van der Waals surface area contributed by atoms with Gasteiger partial charge in [-0.3, -0.25) is 4.79 Å². The number of primary amides is 1. The first-order valence-electron chi connectivity index (χ1n) is 4.98. The number of nitrogens with two attached hydrogens (primary N) is 1. The van der Waals surface area contributed by atoms with E-state index < -0.39 is 0 Å². The van der Waals surface area contributed by atoms with Crippen LogP contribution in [0.4, 0.5) is 5.69 Å². The molecule has 1 aromatic heterocycles. The number of carbonyl (C=O) groups is 1. The van der Waals surface area contributed by atoms with Crippen molar-refractivity contribution in [3.63, 3.8) is 0 Å². The predicted octanol–water partition coefficient (Wildman–Crippen LogP) is 0.859. The Labute approximate surface area is 83.1 Å². The molecule has 1 saturated heterocycles. The lowest BCUT2D eigenvalue weighted by molar-refractivity contribution is -0.119. The summed E-state index contributed by atoms with van der Waals surface area (Å²) >= 11 is 0. The van der Waals surface area contributed by atoms with Gasteiger partial charge in [-0.05, 0) is 25.3 Å². The summed E-state index contributed by atoms with van der Waals surface area (Å²) in [5.74, 6) is -0.217. The highest BCUT2D eigenvalue weighted by Gasteiger charge is 2.26. The minimum absolute atomic E-state index is 0.125. The zero-order valence-electron chi connectivity index (χ0n) is 8.07. The summed E-state index contributed by atoms with van der Waals surface area (Å²) in [5.41, 5.74) is 6.44. The van der Waals surface area contributed by atoms with Crippen LogP contribution in [-0.2, 0) is 4.79 Å². The zero-order valence-corrected chi connectivity index (χ0v) is 8.07. The fourth-order valence-corrected chi connectivity index (χ4v) is 2.03. The van der Waals surface area contributed by atoms with Gasteiger partial charge in [0.1, 0.15) is 6.04 Å². The first-order valence-corrected chi connectivity index (χ1v) is 4.98. The quantitative estimate of drug-likeness (QED) is 0.731. The van der Waals surface area contributed by atoms with Crippen LogP contribution in [-0.4, -0.2) is 23.5 Å². The fraction of sp³-hybridized carbons (Fsp3) is 0.500. The molecule has 1 fully saturated rings. The van der Waals surface area contributed by atoms with Crippen molar-refractivity contribution in [3.8, 4) is 0 Å². The predicted molar refractivity (Wildman–Crippen MR) is 55.0 cm³/mol. The summed E-state index contributed by atoms with van der Waals surface area (Å²) < 4.78 is 0. The number of nitrogens with one attached hydrogen (secondary N) is 1. The van der Waals surface area contributed by atoms with Crippen LogP contribution in [0.25, 0.3) is 0 Å². The van der Waals surface area contributed by atoms with Crippen LogP contribution in [0.3, 0.4) is 0 Å². The van der Waals surface area contributed by atoms with Gasteiger partial charge in [0.2, 0.25) is 5.91 Å². The number of carbonyl (C=O) groups excluding carboxylic acids is 1. The number of hydrogen-bond donors (Lipinski definition) is 2. The van der Waals surface area contributed by atoms with E-state index in [2.05, 4.69) is 9.88 Å². The summed E-state index contributed by atoms with van der Waals surface area (Å²) in [7, 11) is 0. The van der Waals surface area contributed by atoms with E-state index in [4.69, 9.17) is 5.73 Å². The maximum absolute atomic E-state index is 11.2. The second-order valence-electron chi connectivity index (χ2n) is 3.68. The van der Waals surface area contributed by atoms with E-state index in [-0.39, 0.29) is 11.9 Å². The van der Waals surface area contributed by atoms with E-state index >= 15 is 0 Å². The van der Waals surface area contributed by atoms with Crippen LogP contribution in [0.2, 0.25) is 0 Å². The molecule has 76 valence electrons. The highest BCUT2D eigenvalue weighted by molar-refractivity contribution is 5.83. The SMILES string of the molecule is NC(=O)C1CCCCN1c1cc[nH]c1. The van der Waals surface area contributed by atoms with Gasteiger partial charge in [0, 0.05) is 18.9 Å². The molecule has 0 aliphatic carbocycles. The topological polar surface area (TPSA) is 62.1 Å². The highest BCUT2D eigenvalue weighted by atomic mass is 16.1.